The summed E-state index contributed by atoms with van der Waals surface area (Å²) in [4.78, 5) is 12.0. The SMILES string of the molecule is C[C@H](C(=O)NC1CCCC1)[S@](=O)Cc1cccc(F)c1. The highest BCUT2D eigenvalue weighted by atomic mass is 32.2. The third-order valence-electron chi connectivity index (χ3n) is 3.66. The van der Waals surface area contributed by atoms with Crippen LogP contribution < -0.4 is 5.32 Å². The number of amides is 1. The molecule has 110 valence electrons. The predicted octanol–water partition coefficient (Wildman–Crippen LogP) is 2.52. The molecule has 2 atom stereocenters. The second-order valence-corrected chi connectivity index (χ2v) is 7.04. The molecule has 1 aromatic rings. The Balaban J connectivity index is 1.89. The Hall–Kier alpha value is -1.23. The molecular formula is C15H20FNO2S. The molecule has 2 rings (SSSR count). The zero-order valence-electron chi connectivity index (χ0n) is 11.6. The highest BCUT2D eigenvalue weighted by molar-refractivity contribution is 7.85. The second kappa shape index (κ2) is 6.97. The summed E-state index contributed by atoms with van der Waals surface area (Å²) in [6, 6.07) is 6.26. The van der Waals surface area contributed by atoms with E-state index in [2.05, 4.69) is 5.32 Å². The highest BCUT2D eigenvalue weighted by Gasteiger charge is 2.24. The maximum Gasteiger partial charge on any atom is 0.235 e. The van der Waals surface area contributed by atoms with Gasteiger partial charge in [0.2, 0.25) is 5.91 Å². The van der Waals surface area contributed by atoms with Gasteiger partial charge in [-0.2, -0.15) is 0 Å². The summed E-state index contributed by atoms with van der Waals surface area (Å²) in [5, 5.41) is 2.38. The van der Waals surface area contributed by atoms with Crippen molar-refractivity contribution < 1.29 is 13.4 Å². The van der Waals surface area contributed by atoms with Gasteiger partial charge in [-0.1, -0.05) is 25.0 Å². The molecule has 1 fully saturated rings. The molecule has 20 heavy (non-hydrogen) atoms. The van der Waals surface area contributed by atoms with Crippen molar-refractivity contribution in [2.24, 2.45) is 0 Å². The van der Waals surface area contributed by atoms with E-state index in [1.165, 1.54) is 12.1 Å². The molecule has 1 saturated carbocycles. The molecule has 1 N–H and O–H groups in total. The van der Waals surface area contributed by atoms with Crippen molar-refractivity contribution in [2.45, 2.75) is 49.7 Å². The fraction of sp³-hybridized carbons (Fsp3) is 0.533. The molecule has 0 spiro atoms. The van der Waals surface area contributed by atoms with E-state index < -0.39 is 16.0 Å². The van der Waals surface area contributed by atoms with Gasteiger partial charge in [-0.3, -0.25) is 9.00 Å². The molecule has 1 aliphatic rings. The Bertz CT molecular complexity index is 500. The first kappa shape index (κ1) is 15.2. The van der Waals surface area contributed by atoms with Gasteiger partial charge in [0.15, 0.2) is 0 Å². The molecule has 0 radical (unpaired) electrons. The Morgan fingerprint density at radius 3 is 2.80 bits per heavy atom. The smallest absolute Gasteiger partial charge is 0.235 e. The van der Waals surface area contributed by atoms with Crippen LogP contribution in [0.4, 0.5) is 4.39 Å². The van der Waals surface area contributed by atoms with Crippen LogP contribution in [0.1, 0.15) is 38.2 Å². The van der Waals surface area contributed by atoms with E-state index >= 15 is 0 Å². The number of benzene rings is 1. The number of carbonyl (C=O) groups is 1. The Morgan fingerprint density at radius 2 is 2.15 bits per heavy atom. The lowest BCUT2D eigenvalue weighted by atomic mass is 10.2. The molecule has 3 nitrogen and oxygen atoms in total. The van der Waals surface area contributed by atoms with Crippen LogP contribution in [0.2, 0.25) is 0 Å². The van der Waals surface area contributed by atoms with E-state index in [1.807, 2.05) is 0 Å². The molecule has 0 unspecified atom stereocenters. The molecular weight excluding hydrogens is 277 g/mol. The highest BCUT2D eigenvalue weighted by Crippen LogP contribution is 2.18. The topological polar surface area (TPSA) is 46.2 Å². The van der Waals surface area contributed by atoms with Gasteiger partial charge in [-0.15, -0.1) is 0 Å². The van der Waals surface area contributed by atoms with Gasteiger partial charge in [0, 0.05) is 22.6 Å². The number of halogens is 1. The van der Waals surface area contributed by atoms with Gasteiger partial charge in [-0.05, 0) is 37.5 Å². The van der Waals surface area contributed by atoms with Crippen LogP contribution in [-0.2, 0) is 21.3 Å². The van der Waals surface area contributed by atoms with Crippen LogP contribution in [-0.4, -0.2) is 21.4 Å². The van der Waals surface area contributed by atoms with Crippen molar-refractivity contribution in [2.75, 3.05) is 0 Å². The summed E-state index contributed by atoms with van der Waals surface area (Å²) < 4.78 is 25.2. The Morgan fingerprint density at radius 1 is 1.45 bits per heavy atom. The number of rotatable bonds is 5. The first-order valence-corrected chi connectivity index (χ1v) is 8.36. The van der Waals surface area contributed by atoms with E-state index in [4.69, 9.17) is 0 Å². The lowest BCUT2D eigenvalue weighted by Crippen LogP contribution is -2.40. The minimum Gasteiger partial charge on any atom is -0.352 e. The zero-order valence-corrected chi connectivity index (χ0v) is 12.4. The van der Waals surface area contributed by atoms with E-state index in [1.54, 1.807) is 19.1 Å². The Kier molecular flexibility index (Phi) is 5.29. The van der Waals surface area contributed by atoms with Gasteiger partial charge >= 0.3 is 0 Å². The summed E-state index contributed by atoms with van der Waals surface area (Å²) in [5.74, 6) is -0.300. The minimum atomic E-state index is -1.33. The fourth-order valence-corrected chi connectivity index (χ4v) is 3.49. The van der Waals surface area contributed by atoms with Crippen LogP contribution in [0.5, 0.6) is 0 Å². The first-order valence-electron chi connectivity index (χ1n) is 6.98. The number of nitrogens with one attached hydrogen (secondary N) is 1. The van der Waals surface area contributed by atoms with Crippen molar-refractivity contribution >= 4 is 16.7 Å². The van der Waals surface area contributed by atoms with Crippen LogP contribution in [0.15, 0.2) is 24.3 Å². The van der Waals surface area contributed by atoms with Crippen LogP contribution in [0.3, 0.4) is 0 Å². The quantitative estimate of drug-likeness (QED) is 0.908. The number of hydrogen-bond donors (Lipinski definition) is 1. The van der Waals surface area contributed by atoms with E-state index in [-0.39, 0.29) is 23.5 Å². The lowest BCUT2D eigenvalue weighted by molar-refractivity contribution is -0.121. The second-order valence-electron chi connectivity index (χ2n) is 5.29. The van der Waals surface area contributed by atoms with Gasteiger partial charge in [0.05, 0.1) is 0 Å². The van der Waals surface area contributed by atoms with Crippen LogP contribution in [0.25, 0.3) is 0 Å². The summed E-state index contributed by atoms with van der Waals surface area (Å²) in [7, 11) is -1.33. The summed E-state index contributed by atoms with van der Waals surface area (Å²) in [6.07, 6.45) is 4.31. The largest absolute Gasteiger partial charge is 0.352 e. The summed E-state index contributed by atoms with van der Waals surface area (Å²) >= 11 is 0. The van der Waals surface area contributed by atoms with Crippen molar-refractivity contribution in [3.8, 4) is 0 Å². The molecule has 0 aliphatic heterocycles. The van der Waals surface area contributed by atoms with Crippen molar-refractivity contribution in [1.82, 2.24) is 5.32 Å². The number of carbonyl (C=O) groups excluding carboxylic acids is 1. The molecule has 0 aromatic heterocycles. The lowest BCUT2D eigenvalue weighted by Gasteiger charge is -2.16. The summed E-state index contributed by atoms with van der Waals surface area (Å²) in [6.45, 7) is 1.67. The molecule has 1 aromatic carbocycles. The third-order valence-corrected chi connectivity index (χ3v) is 5.28. The number of hydrogen-bond acceptors (Lipinski definition) is 2. The molecule has 1 amide bonds. The monoisotopic (exact) mass is 297 g/mol. The van der Waals surface area contributed by atoms with Crippen molar-refractivity contribution in [3.63, 3.8) is 0 Å². The van der Waals surface area contributed by atoms with Crippen LogP contribution in [0, 0.1) is 5.82 Å². The maximum atomic E-state index is 13.1. The Labute approximate surface area is 121 Å². The van der Waals surface area contributed by atoms with Gasteiger partial charge in [0.1, 0.15) is 11.1 Å². The fourth-order valence-electron chi connectivity index (χ4n) is 2.42. The third kappa shape index (κ3) is 4.13. The van der Waals surface area contributed by atoms with Gasteiger partial charge in [0.25, 0.3) is 0 Å². The van der Waals surface area contributed by atoms with E-state index in [9.17, 15) is 13.4 Å². The van der Waals surface area contributed by atoms with Gasteiger partial charge in [-0.25, -0.2) is 4.39 Å². The first-order chi connectivity index (χ1) is 9.56. The van der Waals surface area contributed by atoms with Gasteiger partial charge < -0.3 is 5.32 Å². The minimum absolute atomic E-state index is 0.161. The molecule has 0 heterocycles. The van der Waals surface area contributed by atoms with Crippen molar-refractivity contribution in [1.29, 1.82) is 0 Å². The zero-order chi connectivity index (χ0) is 14.5. The molecule has 0 saturated heterocycles. The van der Waals surface area contributed by atoms with Crippen molar-refractivity contribution in [3.05, 3.63) is 35.6 Å². The predicted molar refractivity (Wildman–Crippen MR) is 78.1 cm³/mol. The summed E-state index contributed by atoms with van der Waals surface area (Å²) in [5.41, 5.74) is 0.656. The standard InChI is InChI=1S/C15H20FNO2S/c1-11(15(18)17-14-7-2-3-8-14)20(19)10-12-5-4-6-13(16)9-12/h4-6,9,11,14H,2-3,7-8,10H2,1H3,(H,17,18)/t11-,20-/m1/s1. The normalized spacial score (nSPS) is 18.7. The van der Waals surface area contributed by atoms with E-state index in [0.717, 1.165) is 25.7 Å². The van der Waals surface area contributed by atoms with Crippen LogP contribution >= 0.6 is 0 Å². The molecule has 0 bridgehead atoms. The average molecular weight is 297 g/mol. The average Bonchev–Trinajstić information content (AvgIpc) is 2.90. The molecule has 1 aliphatic carbocycles. The molecule has 5 heteroatoms. The maximum absolute atomic E-state index is 13.1. The van der Waals surface area contributed by atoms with E-state index in [0.29, 0.717) is 5.56 Å².